The van der Waals surface area contributed by atoms with Gasteiger partial charge in [0, 0.05) is 0 Å². The Bertz CT molecular complexity index is 145. The molecule has 1 spiro atoms. The van der Waals surface area contributed by atoms with Gasteiger partial charge in [-0.3, -0.25) is 0 Å². The molecule has 0 aromatic heterocycles. The van der Waals surface area contributed by atoms with Crippen molar-refractivity contribution in [1.29, 1.82) is 0 Å². The van der Waals surface area contributed by atoms with Gasteiger partial charge < -0.3 is 0 Å². The van der Waals surface area contributed by atoms with Crippen LogP contribution in [0.1, 0.15) is 13.8 Å². The molecule has 2 saturated heterocycles. The molecule has 64 valence electrons. The van der Waals surface area contributed by atoms with Crippen molar-refractivity contribution in [1.82, 2.24) is 0 Å². The zero-order valence-electron chi connectivity index (χ0n) is 6.70. The van der Waals surface area contributed by atoms with E-state index in [0.717, 1.165) is 0 Å². The molecule has 2 fully saturated rings. The first-order valence-electron chi connectivity index (χ1n) is 3.84. The molecule has 2 aliphatic heterocycles. The zero-order chi connectivity index (χ0) is 7.90. The fourth-order valence-corrected chi connectivity index (χ4v) is 6.26. The molecule has 2 atom stereocenters. The minimum absolute atomic E-state index is 0.139. The maximum absolute atomic E-state index is 5.50. The van der Waals surface area contributed by atoms with E-state index in [1.807, 2.05) is 13.8 Å². The monoisotopic (exact) mass is 222 g/mol. The predicted octanol–water partition coefficient (Wildman–Crippen LogP) is 0.293. The van der Waals surface area contributed by atoms with Crippen LogP contribution in [0, 0.1) is 0 Å². The molecular weight excluding hydrogens is 209 g/mol. The summed E-state index contributed by atoms with van der Waals surface area (Å²) in [5, 5.41) is 0. The Morgan fingerprint density at radius 3 is 1.73 bits per heavy atom. The van der Waals surface area contributed by atoms with Gasteiger partial charge in [0.1, 0.15) is 0 Å². The Labute approximate surface area is 69.5 Å². The van der Waals surface area contributed by atoms with Crippen LogP contribution >= 0.6 is 0 Å². The summed E-state index contributed by atoms with van der Waals surface area (Å²) < 4.78 is 21.8. The first kappa shape index (κ1) is 8.00. The summed E-state index contributed by atoms with van der Waals surface area (Å²) >= 11 is -3.09. The molecule has 2 aliphatic rings. The first-order valence-corrected chi connectivity index (χ1v) is 7.26. The Kier molecular flexibility index (Phi) is 1.97. The maximum atomic E-state index is 5.50. The fraction of sp³-hybridized carbons (Fsp3) is 1.00. The Hall–Kier alpha value is 0.383. The second kappa shape index (κ2) is 2.70. The van der Waals surface area contributed by atoms with E-state index in [2.05, 4.69) is 0 Å². The standard InChI is InChI=1S/C6H12GeO4/c1-5-3-8-7(10-5)9-4-6(2)11-7/h5-6H,3-4H2,1-2H3. The van der Waals surface area contributed by atoms with Crippen molar-refractivity contribution < 1.29 is 15.1 Å². The molecule has 11 heavy (non-hydrogen) atoms. The molecule has 0 aliphatic carbocycles. The molecule has 0 aromatic rings. The number of hydrogen-bond acceptors (Lipinski definition) is 4. The second-order valence-corrected chi connectivity index (χ2v) is 7.28. The van der Waals surface area contributed by atoms with Gasteiger partial charge in [0.2, 0.25) is 0 Å². The molecular formula is C6H12GeO4. The molecule has 4 nitrogen and oxygen atoms in total. The van der Waals surface area contributed by atoms with Crippen LogP contribution in [0.15, 0.2) is 0 Å². The third-order valence-electron chi connectivity index (χ3n) is 1.68. The molecule has 2 heterocycles. The molecule has 0 saturated carbocycles. The fourth-order valence-electron chi connectivity index (χ4n) is 1.21. The second-order valence-electron chi connectivity index (χ2n) is 2.98. The van der Waals surface area contributed by atoms with Crippen molar-refractivity contribution in [2.45, 2.75) is 26.1 Å². The van der Waals surface area contributed by atoms with Crippen molar-refractivity contribution in [2.24, 2.45) is 0 Å². The van der Waals surface area contributed by atoms with E-state index in [1.165, 1.54) is 0 Å². The van der Waals surface area contributed by atoms with E-state index in [-0.39, 0.29) is 12.2 Å². The van der Waals surface area contributed by atoms with E-state index >= 15 is 0 Å². The summed E-state index contributed by atoms with van der Waals surface area (Å²) in [7, 11) is 0. The third kappa shape index (κ3) is 1.46. The Balaban J connectivity index is 2.02. The summed E-state index contributed by atoms with van der Waals surface area (Å²) in [6.07, 6.45) is 0.278. The van der Waals surface area contributed by atoms with Gasteiger partial charge in [-0.05, 0) is 0 Å². The van der Waals surface area contributed by atoms with Gasteiger partial charge in [0.15, 0.2) is 0 Å². The van der Waals surface area contributed by atoms with Crippen molar-refractivity contribution in [3.05, 3.63) is 0 Å². The summed E-state index contributed by atoms with van der Waals surface area (Å²) in [6.45, 7) is 5.17. The number of rotatable bonds is 0. The van der Waals surface area contributed by atoms with Crippen molar-refractivity contribution >= 4 is 14.6 Å². The van der Waals surface area contributed by atoms with Gasteiger partial charge in [0.25, 0.3) is 0 Å². The summed E-state index contributed by atoms with van der Waals surface area (Å²) in [5.74, 6) is 0. The molecule has 2 rings (SSSR count). The van der Waals surface area contributed by atoms with Crippen molar-refractivity contribution in [3.8, 4) is 0 Å². The Morgan fingerprint density at radius 1 is 1.00 bits per heavy atom. The quantitative estimate of drug-likeness (QED) is 0.550. The topological polar surface area (TPSA) is 36.9 Å². The minimum atomic E-state index is -3.09. The SMILES string of the molecule is CC1C[O][Ge]2([O]CC(C)[O]2)[O]1. The molecule has 5 heteroatoms. The van der Waals surface area contributed by atoms with Crippen LogP contribution < -0.4 is 0 Å². The Morgan fingerprint density at radius 2 is 1.45 bits per heavy atom. The van der Waals surface area contributed by atoms with E-state index in [0.29, 0.717) is 13.2 Å². The van der Waals surface area contributed by atoms with Gasteiger partial charge >= 0.3 is 68.9 Å². The first-order chi connectivity index (χ1) is 5.20. The van der Waals surface area contributed by atoms with Crippen LogP contribution in [0.4, 0.5) is 0 Å². The zero-order valence-corrected chi connectivity index (χ0v) is 8.80. The molecule has 2 unspecified atom stereocenters. The molecule has 0 bridgehead atoms. The molecule has 0 N–H and O–H groups in total. The summed E-state index contributed by atoms with van der Waals surface area (Å²) in [5.41, 5.74) is 0. The van der Waals surface area contributed by atoms with Crippen LogP contribution in [-0.4, -0.2) is 40.0 Å². The average Bonchev–Trinajstić information content (AvgIpc) is 2.44. The van der Waals surface area contributed by atoms with Crippen LogP contribution in [-0.2, 0) is 15.1 Å². The normalized spacial score (nSPS) is 50.7. The van der Waals surface area contributed by atoms with E-state index in [4.69, 9.17) is 15.1 Å². The number of hydrogen-bond donors (Lipinski definition) is 0. The molecule has 0 radical (unpaired) electrons. The van der Waals surface area contributed by atoms with Crippen LogP contribution in [0.5, 0.6) is 0 Å². The van der Waals surface area contributed by atoms with E-state index in [1.54, 1.807) is 0 Å². The van der Waals surface area contributed by atoms with Crippen LogP contribution in [0.2, 0.25) is 0 Å². The van der Waals surface area contributed by atoms with Crippen LogP contribution in [0.3, 0.4) is 0 Å². The average molecular weight is 221 g/mol. The van der Waals surface area contributed by atoms with Gasteiger partial charge in [-0.15, -0.1) is 0 Å². The molecule has 0 amide bonds. The van der Waals surface area contributed by atoms with Crippen molar-refractivity contribution in [2.75, 3.05) is 13.2 Å². The molecule has 0 aromatic carbocycles. The van der Waals surface area contributed by atoms with E-state index < -0.39 is 14.6 Å². The van der Waals surface area contributed by atoms with Gasteiger partial charge in [-0.25, -0.2) is 0 Å². The van der Waals surface area contributed by atoms with Crippen molar-refractivity contribution in [3.63, 3.8) is 0 Å². The van der Waals surface area contributed by atoms with Gasteiger partial charge in [-0.1, -0.05) is 0 Å². The third-order valence-corrected chi connectivity index (χ3v) is 6.76. The summed E-state index contributed by atoms with van der Waals surface area (Å²) in [6, 6.07) is 0. The summed E-state index contributed by atoms with van der Waals surface area (Å²) in [4.78, 5) is 0. The predicted molar refractivity (Wildman–Crippen MR) is 38.8 cm³/mol. The van der Waals surface area contributed by atoms with Gasteiger partial charge in [0.05, 0.1) is 0 Å². The van der Waals surface area contributed by atoms with E-state index in [9.17, 15) is 0 Å². The van der Waals surface area contributed by atoms with Gasteiger partial charge in [-0.2, -0.15) is 0 Å². The van der Waals surface area contributed by atoms with Crippen LogP contribution in [0.25, 0.3) is 0 Å².